The fourth-order valence-electron chi connectivity index (χ4n) is 2.37. The van der Waals surface area contributed by atoms with Crippen molar-refractivity contribution in [2.24, 2.45) is 0 Å². The Bertz CT molecular complexity index is 395. The normalized spacial score (nSPS) is 20.4. The van der Waals surface area contributed by atoms with Crippen molar-refractivity contribution >= 4 is 5.82 Å². The molecule has 1 N–H and O–H groups in total. The molecule has 3 heteroatoms. The Balaban J connectivity index is 2.05. The summed E-state index contributed by atoms with van der Waals surface area (Å²) in [6.45, 7) is 10.9. The molecule has 0 aromatic carbocycles. The molecule has 0 amide bonds. The summed E-state index contributed by atoms with van der Waals surface area (Å²) in [4.78, 5) is 6.93. The second kappa shape index (κ2) is 5.27. The lowest BCUT2D eigenvalue weighted by atomic mass is 10.1. The highest BCUT2D eigenvalue weighted by Gasteiger charge is 2.21. The summed E-state index contributed by atoms with van der Waals surface area (Å²) in [6.07, 6.45) is 4.50. The van der Waals surface area contributed by atoms with Crippen LogP contribution in [0.2, 0.25) is 0 Å². The number of hydrogen-bond acceptors (Lipinski definition) is 3. The predicted molar refractivity (Wildman–Crippen MR) is 76.9 cm³/mol. The number of rotatable bonds is 3. The molecule has 1 aliphatic heterocycles. The third-order valence-corrected chi connectivity index (χ3v) is 3.48. The number of pyridine rings is 1. The van der Waals surface area contributed by atoms with E-state index in [1.54, 1.807) is 0 Å². The van der Waals surface area contributed by atoms with Crippen LogP contribution in [0.15, 0.2) is 18.3 Å². The van der Waals surface area contributed by atoms with Gasteiger partial charge < -0.3 is 10.2 Å². The van der Waals surface area contributed by atoms with Crippen LogP contribution >= 0.6 is 0 Å². The van der Waals surface area contributed by atoms with Crippen LogP contribution in [0.25, 0.3) is 0 Å². The minimum absolute atomic E-state index is 0.157. The molecular weight excluding hydrogens is 222 g/mol. The van der Waals surface area contributed by atoms with E-state index in [4.69, 9.17) is 0 Å². The Morgan fingerprint density at radius 3 is 2.83 bits per heavy atom. The van der Waals surface area contributed by atoms with Gasteiger partial charge >= 0.3 is 0 Å². The summed E-state index contributed by atoms with van der Waals surface area (Å²) in [7, 11) is 0. The molecular formula is C15H25N3. The molecule has 1 atom stereocenters. The third-order valence-electron chi connectivity index (χ3n) is 3.48. The molecule has 2 heterocycles. The van der Waals surface area contributed by atoms with E-state index >= 15 is 0 Å². The van der Waals surface area contributed by atoms with Crippen LogP contribution in [-0.2, 0) is 6.54 Å². The number of hydrogen-bond donors (Lipinski definition) is 1. The maximum absolute atomic E-state index is 4.51. The van der Waals surface area contributed by atoms with E-state index in [0.717, 1.165) is 18.9 Å². The van der Waals surface area contributed by atoms with Crippen molar-refractivity contribution in [3.05, 3.63) is 23.9 Å². The second-order valence-corrected chi connectivity index (χ2v) is 6.31. The zero-order valence-corrected chi connectivity index (χ0v) is 12.0. The first-order chi connectivity index (χ1) is 8.46. The molecule has 100 valence electrons. The SMILES string of the molecule is CC1CCCN1c1cc(CNC(C)(C)C)ccn1. The number of nitrogens with zero attached hydrogens (tertiary/aromatic N) is 2. The number of anilines is 1. The van der Waals surface area contributed by atoms with Gasteiger partial charge in [-0.25, -0.2) is 4.98 Å². The van der Waals surface area contributed by atoms with Crippen molar-refractivity contribution in [1.82, 2.24) is 10.3 Å². The van der Waals surface area contributed by atoms with Crippen molar-refractivity contribution in [2.45, 2.75) is 58.7 Å². The first-order valence-electron chi connectivity index (χ1n) is 6.92. The van der Waals surface area contributed by atoms with E-state index in [-0.39, 0.29) is 5.54 Å². The van der Waals surface area contributed by atoms with Gasteiger partial charge in [-0.3, -0.25) is 0 Å². The standard InChI is InChI=1S/C15H25N3/c1-12-6-5-9-18(12)14-10-13(7-8-16-14)11-17-15(2,3)4/h7-8,10,12,17H,5-6,9,11H2,1-4H3. The maximum atomic E-state index is 4.51. The van der Waals surface area contributed by atoms with Gasteiger partial charge in [0.25, 0.3) is 0 Å². The molecule has 1 aliphatic rings. The van der Waals surface area contributed by atoms with Gasteiger partial charge in [-0.2, -0.15) is 0 Å². The van der Waals surface area contributed by atoms with Crippen LogP contribution in [0.3, 0.4) is 0 Å². The molecule has 1 fully saturated rings. The average molecular weight is 247 g/mol. The highest BCUT2D eigenvalue weighted by atomic mass is 15.2. The third kappa shape index (κ3) is 3.45. The van der Waals surface area contributed by atoms with Crippen LogP contribution in [0.5, 0.6) is 0 Å². The van der Waals surface area contributed by atoms with Crippen molar-refractivity contribution in [2.75, 3.05) is 11.4 Å². The minimum atomic E-state index is 0.157. The Hall–Kier alpha value is -1.09. The van der Waals surface area contributed by atoms with Crippen LogP contribution < -0.4 is 10.2 Å². The predicted octanol–water partition coefficient (Wildman–Crippen LogP) is 2.96. The van der Waals surface area contributed by atoms with Gasteiger partial charge in [-0.1, -0.05) is 0 Å². The van der Waals surface area contributed by atoms with Crippen molar-refractivity contribution in [1.29, 1.82) is 0 Å². The van der Waals surface area contributed by atoms with Gasteiger partial charge in [0, 0.05) is 30.9 Å². The first-order valence-corrected chi connectivity index (χ1v) is 6.92. The molecule has 0 bridgehead atoms. The fraction of sp³-hybridized carbons (Fsp3) is 0.667. The van der Waals surface area contributed by atoms with E-state index in [2.05, 4.69) is 55.0 Å². The Labute approximate surface area is 111 Å². The molecule has 1 aromatic rings. The Kier molecular flexibility index (Phi) is 3.91. The van der Waals surface area contributed by atoms with Crippen molar-refractivity contribution < 1.29 is 0 Å². The summed E-state index contributed by atoms with van der Waals surface area (Å²) in [6, 6.07) is 4.95. The van der Waals surface area contributed by atoms with Gasteiger partial charge in [0.15, 0.2) is 0 Å². The van der Waals surface area contributed by atoms with E-state index in [0.29, 0.717) is 6.04 Å². The lowest BCUT2D eigenvalue weighted by molar-refractivity contribution is 0.424. The molecule has 3 nitrogen and oxygen atoms in total. The monoisotopic (exact) mass is 247 g/mol. The average Bonchev–Trinajstić information content (AvgIpc) is 2.72. The maximum Gasteiger partial charge on any atom is 0.129 e. The van der Waals surface area contributed by atoms with E-state index in [1.165, 1.54) is 18.4 Å². The van der Waals surface area contributed by atoms with Crippen LogP contribution in [0.1, 0.15) is 46.1 Å². The van der Waals surface area contributed by atoms with Crippen LogP contribution in [0, 0.1) is 0 Å². The van der Waals surface area contributed by atoms with Gasteiger partial charge in [-0.15, -0.1) is 0 Å². The number of aromatic nitrogens is 1. The topological polar surface area (TPSA) is 28.2 Å². The largest absolute Gasteiger partial charge is 0.354 e. The summed E-state index contributed by atoms with van der Waals surface area (Å²) in [5, 5.41) is 3.52. The van der Waals surface area contributed by atoms with Crippen LogP contribution in [0.4, 0.5) is 5.82 Å². The minimum Gasteiger partial charge on any atom is -0.354 e. The molecule has 1 saturated heterocycles. The quantitative estimate of drug-likeness (QED) is 0.890. The lowest BCUT2D eigenvalue weighted by Gasteiger charge is -2.24. The highest BCUT2D eigenvalue weighted by Crippen LogP contribution is 2.23. The summed E-state index contributed by atoms with van der Waals surface area (Å²) in [5.41, 5.74) is 1.47. The van der Waals surface area contributed by atoms with Crippen molar-refractivity contribution in [3.8, 4) is 0 Å². The molecule has 18 heavy (non-hydrogen) atoms. The summed E-state index contributed by atoms with van der Waals surface area (Å²) < 4.78 is 0. The lowest BCUT2D eigenvalue weighted by Crippen LogP contribution is -2.35. The number of nitrogens with one attached hydrogen (secondary N) is 1. The van der Waals surface area contributed by atoms with E-state index < -0.39 is 0 Å². The fourth-order valence-corrected chi connectivity index (χ4v) is 2.37. The molecule has 2 rings (SSSR count). The molecule has 0 radical (unpaired) electrons. The first kappa shape index (κ1) is 13.3. The summed E-state index contributed by atoms with van der Waals surface area (Å²) >= 11 is 0. The molecule has 1 unspecified atom stereocenters. The second-order valence-electron chi connectivity index (χ2n) is 6.31. The van der Waals surface area contributed by atoms with Gasteiger partial charge in [-0.05, 0) is 58.2 Å². The zero-order chi connectivity index (χ0) is 13.2. The highest BCUT2D eigenvalue weighted by molar-refractivity contribution is 5.43. The zero-order valence-electron chi connectivity index (χ0n) is 12.0. The Morgan fingerprint density at radius 2 is 2.22 bits per heavy atom. The van der Waals surface area contributed by atoms with Gasteiger partial charge in [0.2, 0.25) is 0 Å². The van der Waals surface area contributed by atoms with Gasteiger partial charge in [0.1, 0.15) is 5.82 Å². The molecule has 0 aliphatic carbocycles. The van der Waals surface area contributed by atoms with E-state index in [9.17, 15) is 0 Å². The van der Waals surface area contributed by atoms with E-state index in [1.807, 2.05) is 6.20 Å². The molecule has 1 aromatic heterocycles. The summed E-state index contributed by atoms with van der Waals surface area (Å²) in [5.74, 6) is 1.13. The van der Waals surface area contributed by atoms with Crippen LogP contribution in [-0.4, -0.2) is 23.1 Å². The van der Waals surface area contributed by atoms with Crippen molar-refractivity contribution in [3.63, 3.8) is 0 Å². The molecule has 0 saturated carbocycles. The smallest absolute Gasteiger partial charge is 0.129 e. The Morgan fingerprint density at radius 1 is 1.44 bits per heavy atom. The van der Waals surface area contributed by atoms with Gasteiger partial charge in [0.05, 0.1) is 0 Å². The molecule has 0 spiro atoms.